The zero-order valence-corrected chi connectivity index (χ0v) is 19.2. The quantitative estimate of drug-likeness (QED) is 0.321. The third-order valence-electron chi connectivity index (χ3n) is 5.21. The molecule has 3 rings (SSSR count). The third kappa shape index (κ3) is 9.10. The number of rotatable bonds is 12. The second-order valence-electron chi connectivity index (χ2n) is 7.81. The number of unbranched alkanes of at least 4 members (excludes halogenated alkanes) is 1. The first kappa shape index (κ1) is 26.0. The molecule has 0 spiro atoms. The molecule has 5 N–H and O–H groups in total. The van der Waals surface area contributed by atoms with E-state index in [0.29, 0.717) is 13.0 Å². The van der Waals surface area contributed by atoms with Gasteiger partial charge in [0.15, 0.2) is 0 Å². The molecule has 2 aromatic carbocycles. The van der Waals surface area contributed by atoms with Gasteiger partial charge in [-0.3, -0.25) is 9.32 Å². The van der Waals surface area contributed by atoms with Gasteiger partial charge in [-0.25, -0.2) is 4.57 Å². The van der Waals surface area contributed by atoms with Crippen molar-refractivity contribution in [2.45, 2.75) is 44.6 Å². The maximum absolute atomic E-state index is 12.1. The van der Waals surface area contributed by atoms with Crippen LogP contribution in [0, 0.1) is 0 Å². The van der Waals surface area contributed by atoms with Crippen molar-refractivity contribution in [3.8, 4) is 5.75 Å². The first-order valence-electron chi connectivity index (χ1n) is 10.7. The Balaban J connectivity index is 0.00000363. The highest BCUT2D eigenvalue weighted by Gasteiger charge is 2.35. The summed E-state index contributed by atoms with van der Waals surface area (Å²) in [5, 5.41) is 0. The lowest BCUT2D eigenvalue weighted by Crippen LogP contribution is -2.54. The molecule has 1 aliphatic heterocycles. The van der Waals surface area contributed by atoms with Gasteiger partial charge in [0.05, 0.1) is 6.61 Å². The molecule has 1 saturated heterocycles. The number of aryl methyl sites for hydroxylation is 2. The van der Waals surface area contributed by atoms with Gasteiger partial charge < -0.3 is 25.6 Å². The van der Waals surface area contributed by atoms with E-state index in [2.05, 4.69) is 40.9 Å². The summed E-state index contributed by atoms with van der Waals surface area (Å²) in [4.78, 5) is 31.2. The molecule has 0 radical (unpaired) electrons. The zero-order valence-electron chi connectivity index (χ0n) is 18.3. The minimum atomic E-state index is -4.48. The lowest BCUT2D eigenvalue weighted by atomic mass is 10.1. The lowest BCUT2D eigenvalue weighted by molar-refractivity contribution is -0.140. The number of phosphoric acid groups is 1. The van der Waals surface area contributed by atoms with Crippen LogP contribution < -0.4 is 10.9 Å². The highest BCUT2D eigenvalue weighted by atomic mass is 31.2. The van der Waals surface area contributed by atoms with E-state index in [4.69, 9.17) is 14.5 Å². The van der Waals surface area contributed by atoms with Gasteiger partial charge in [0.25, 0.3) is 0 Å². The summed E-state index contributed by atoms with van der Waals surface area (Å²) in [6.45, 7) is 1.16. The van der Waals surface area contributed by atoms with Crippen LogP contribution >= 0.6 is 7.82 Å². The predicted molar refractivity (Wildman–Crippen MR) is 123 cm³/mol. The summed E-state index contributed by atoms with van der Waals surface area (Å²) in [5.74, 6) is 0.874. The predicted octanol–water partition coefficient (Wildman–Crippen LogP) is 3.89. The van der Waals surface area contributed by atoms with Crippen molar-refractivity contribution in [2.24, 2.45) is 0 Å². The van der Waals surface area contributed by atoms with Gasteiger partial charge in [-0.15, -0.1) is 0 Å². The Kier molecular flexibility index (Phi) is 10.4. The molecule has 1 aliphatic rings. The highest BCUT2D eigenvalue weighted by molar-refractivity contribution is 7.46. The number of phosphoric ester groups is 1. The molecule has 1 amide bonds. The maximum Gasteiger partial charge on any atom is 0.469 e. The first-order chi connectivity index (χ1) is 14.9. The summed E-state index contributed by atoms with van der Waals surface area (Å²) in [7, 11) is -4.48. The summed E-state index contributed by atoms with van der Waals surface area (Å²) >= 11 is 0. The topological polar surface area (TPSA) is 131 Å². The van der Waals surface area contributed by atoms with E-state index < -0.39 is 13.9 Å². The Bertz CT molecular complexity index is 883. The van der Waals surface area contributed by atoms with Crippen LogP contribution in [0.3, 0.4) is 0 Å². The van der Waals surface area contributed by atoms with E-state index in [-0.39, 0.29) is 25.1 Å². The van der Waals surface area contributed by atoms with Gasteiger partial charge in [0.2, 0.25) is 5.91 Å². The molecule has 1 heterocycles. The van der Waals surface area contributed by atoms with Crippen LogP contribution in [-0.2, 0) is 26.7 Å². The number of hydrogen-bond acceptors (Lipinski definition) is 5. The Morgan fingerprint density at radius 2 is 1.66 bits per heavy atom. The molecule has 32 heavy (non-hydrogen) atoms. The van der Waals surface area contributed by atoms with E-state index >= 15 is 0 Å². The van der Waals surface area contributed by atoms with Gasteiger partial charge in [0.1, 0.15) is 11.9 Å². The van der Waals surface area contributed by atoms with Gasteiger partial charge >= 0.3 is 7.82 Å². The summed E-state index contributed by atoms with van der Waals surface area (Å²) in [6.07, 6.45) is 4.35. The second-order valence-corrected chi connectivity index (χ2v) is 9.00. The molecule has 8 nitrogen and oxygen atoms in total. The summed E-state index contributed by atoms with van der Waals surface area (Å²) < 4.78 is 21.2. The summed E-state index contributed by atoms with van der Waals surface area (Å²) in [6, 6.07) is 18.5. The number of hydrogen-bond donors (Lipinski definition) is 3. The number of carbonyl (C=O) groups excluding carboxylic acids is 1. The number of likely N-dealkylation sites (tertiary alicyclic amines) is 1. The normalized spacial score (nSPS) is 13.9. The number of amides is 1. The molecule has 0 saturated carbocycles. The Morgan fingerprint density at radius 1 is 0.969 bits per heavy atom. The van der Waals surface area contributed by atoms with E-state index in [1.165, 1.54) is 11.1 Å². The molecule has 0 aromatic heterocycles. The molecular formula is C23H33N2O6P. The van der Waals surface area contributed by atoms with Gasteiger partial charge in [-0.05, 0) is 55.4 Å². The molecule has 0 bridgehead atoms. The van der Waals surface area contributed by atoms with Crippen molar-refractivity contribution in [1.82, 2.24) is 11.1 Å². The fourth-order valence-electron chi connectivity index (χ4n) is 3.57. The SMILES string of the molecule is N.O=C(CCCCc1cccc(OCCCc2ccccc2)c1)N1CC(OP(=O)(O)O)C1. The van der Waals surface area contributed by atoms with Crippen LogP contribution in [0.5, 0.6) is 5.75 Å². The Morgan fingerprint density at radius 3 is 2.38 bits per heavy atom. The van der Waals surface area contributed by atoms with Crippen molar-refractivity contribution in [1.29, 1.82) is 0 Å². The Hall–Kier alpha value is -2.22. The van der Waals surface area contributed by atoms with Crippen LogP contribution in [0.1, 0.15) is 36.8 Å². The van der Waals surface area contributed by atoms with E-state index in [1.54, 1.807) is 4.90 Å². The van der Waals surface area contributed by atoms with Crippen LogP contribution in [0.25, 0.3) is 0 Å². The molecule has 9 heteroatoms. The molecule has 0 unspecified atom stereocenters. The van der Waals surface area contributed by atoms with Gasteiger partial charge in [0, 0.05) is 19.5 Å². The molecule has 2 aromatic rings. The lowest BCUT2D eigenvalue weighted by Gasteiger charge is -2.38. The number of nitrogens with zero attached hydrogens (tertiary/aromatic N) is 1. The second kappa shape index (κ2) is 12.7. The van der Waals surface area contributed by atoms with E-state index in [0.717, 1.165) is 37.9 Å². The molecule has 176 valence electrons. The molecule has 0 atom stereocenters. The van der Waals surface area contributed by atoms with Gasteiger partial charge in [-0.2, -0.15) is 0 Å². The fourth-order valence-corrected chi connectivity index (χ4v) is 4.09. The number of carbonyl (C=O) groups is 1. The van der Waals surface area contributed by atoms with Crippen LogP contribution in [0.15, 0.2) is 54.6 Å². The number of benzene rings is 2. The van der Waals surface area contributed by atoms with E-state index in [1.807, 2.05) is 18.2 Å². The summed E-state index contributed by atoms with van der Waals surface area (Å²) in [5.41, 5.74) is 2.50. The smallest absolute Gasteiger partial charge is 0.469 e. The van der Waals surface area contributed by atoms with Gasteiger partial charge in [-0.1, -0.05) is 42.5 Å². The van der Waals surface area contributed by atoms with Crippen molar-refractivity contribution < 1.29 is 28.4 Å². The van der Waals surface area contributed by atoms with Crippen molar-refractivity contribution in [3.05, 3.63) is 65.7 Å². The standard InChI is InChI=1S/C23H30NO6P.H3N/c25-23(24-17-22(18-24)30-31(26,27)28)14-5-4-10-20-11-6-13-21(16-20)29-15-7-12-19-8-2-1-3-9-19;/h1-3,6,8-9,11,13,16,22H,4-5,7,10,12,14-15,17-18H2,(H2,26,27,28);1H3. The molecule has 1 fully saturated rings. The fraction of sp³-hybridized carbons (Fsp3) is 0.435. The van der Waals surface area contributed by atoms with E-state index in [9.17, 15) is 9.36 Å². The monoisotopic (exact) mass is 464 g/mol. The number of ether oxygens (including phenoxy) is 1. The third-order valence-corrected chi connectivity index (χ3v) is 5.79. The van der Waals surface area contributed by atoms with Crippen molar-refractivity contribution in [3.63, 3.8) is 0 Å². The molecular weight excluding hydrogens is 431 g/mol. The largest absolute Gasteiger partial charge is 0.494 e. The van der Waals surface area contributed by atoms with Crippen LogP contribution in [-0.4, -0.2) is 46.4 Å². The minimum Gasteiger partial charge on any atom is -0.494 e. The highest BCUT2D eigenvalue weighted by Crippen LogP contribution is 2.39. The first-order valence-corrected chi connectivity index (χ1v) is 12.2. The van der Waals surface area contributed by atoms with Crippen LogP contribution in [0.4, 0.5) is 0 Å². The molecule has 0 aliphatic carbocycles. The average Bonchev–Trinajstić information content (AvgIpc) is 2.71. The Labute approximate surface area is 189 Å². The zero-order chi connectivity index (χ0) is 22.1. The minimum absolute atomic E-state index is 0. The van der Waals surface area contributed by atoms with Crippen molar-refractivity contribution in [2.75, 3.05) is 19.7 Å². The maximum atomic E-state index is 12.1. The average molecular weight is 464 g/mol. The van der Waals surface area contributed by atoms with Crippen LogP contribution in [0.2, 0.25) is 0 Å². The van der Waals surface area contributed by atoms with Crippen molar-refractivity contribution >= 4 is 13.7 Å².